The van der Waals surface area contributed by atoms with Crippen LogP contribution in [0.3, 0.4) is 0 Å². The second-order valence-electron chi connectivity index (χ2n) is 9.29. The predicted molar refractivity (Wildman–Crippen MR) is 130 cm³/mol. The maximum absolute atomic E-state index is 3.72. The van der Waals surface area contributed by atoms with E-state index in [1.807, 2.05) is 0 Å². The number of aryl methyl sites for hydroxylation is 2. The van der Waals surface area contributed by atoms with Crippen molar-refractivity contribution < 1.29 is 0 Å². The van der Waals surface area contributed by atoms with Crippen molar-refractivity contribution in [3.05, 3.63) is 70.8 Å². The smallest absolute Gasteiger partial charge is 0.0205 e. The minimum absolute atomic E-state index is 0.832. The molecule has 1 fully saturated rings. The molecule has 0 amide bonds. The van der Waals surface area contributed by atoms with E-state index in [1.165, 1.54) is 73.6 Å². The highest BCUT2D eigenvalue weighted by Crippen LogP contribution is 2.28. The zero-order chi connectivity index (χ0) is 21.0. The van der Waals surface area contributed by atoms with Gasteiger partial charge >= 0.3 is 0 Å². The normalized spacial score (nSPS) is 19.1. The number of benzene rings is 2. The lowest BCUT2D eigenvalue weighted by Crippen LogP contribution is -2.31. The fraction of sp³-hybridized carbons (Fsp3) is 0.571. The molecule has 2 unspecified atom stereocenters. The van der Waals surface area contributed by atoms with Crippen molar-refractivity contribution in [1.29, 1.82) is 0 Å². The third-order valence-electron chi connectivity index (χ3n) is 6.54. The zero-order valence-corrected chi connectivity index (χ0v) is 19.3. The van der Waals surface area contributed by atoms with Crippen LogP contribution in [0.1, 0.15) is 74.6 Å². The van der Waals surface area contributed by atoms with Crippen molar-refractivity contribution in [2.24, 2.45) is 11.8 Å². The number of hydrogen-bond donors (Lipinski definition) is 2. The van der Waals surface area contributed by atoms with Crippen LogP contribution in [0.5, 0.6) is 0 Å². The van der Waals surface area contributed by atoms with Crippen LogP contribution in [0.15, 0.2) is 48.5 Å². The monoisotopic (exact) mass is 406 g/mol. The molecule has 0 aromatic heterocycles. The molecule has 0 saturated heterocycles. The van der Waals surface area contributed by atoms with Gasteiger partial charge in [-0.15, -0.1) is 0 Å². The summed E-state index contributed by atoms with van der Waals surface area (Å²) in [6.45, 7) is 8.80. The Hall–Kier alpha value is -1.64. The molecule has 2 heteroatoms. The van der Waals surface area contributed by atoms with Crippen LogP contribution < -0.4 is 10.6 Å². The summed E-state index contributed by atoms with van der Waals surface area (Å²) in [5, 5.41) is 7.44. The fourth-order valence-corrected chi connectivity index (χ4v) is 4.84. The molecular weight excluding hydrogens is 364 g/mol. The van der Waals surface area contributed by atoms with E-state index in [-0.39, 0.29) is 0 Å². The zero-order valence-electron chi connectivity index (χ0n) is 19.3. The molecule has 0 radical (unpaired) electrons. The Kier molecular flexibility index (Phi) is 9.92. The average molecular weight is 407 g/mol. The SMILES string of the molecule is CCCc1ccc(CNCC2CCCC(CNCc3ccc(CCC)cc3)C2)cc1. The van der Waals surface area contributed by atoms with Gasteiger partial charge in [0.1, 0.15) is 0 Å². The molecule has 2 aromatic rings. The number of rotatable bonds is 12. The van der Waals surface area contributed by atoms with E-state index in [1.54, 1.807) is 0 Å². The van der Waals surface area contributed by atoms with E-state index in [9.17, 15) is 0 Å². The van der Waals surface area contributed by atoms with Crippen molar-refractivity contribution >= 4 is 0 Å². The average Bonchev–Trinajstić information content (AvgIpc) is 2.77. The summed E-state index contributed by atoms with van der Waals surface area (Å²) in [6.07, 6.45) is 10.3. The van der Waals surface area contributed by atoms with E-state index in [0.717, 1.165) is 38.0 Å². The van der Waals surface area contributed by atoms with Crippen LogP contribution in [-0.4, -0.2) is 13.1 Å². The van der Waals surface area contributed by atoms with E-state index >= 15 is 0 Å². The summed E-state index contributed by atoms with van der Waals surface area (Å²) in [5.74, 6) is 1.66. The third kappa shape index (κ3) is 7.89. The Morgan fingerprint density at radius 2 is 1.03 bits per heavy atom. The van der Waals surface area contributed by atoms with Gasteiger partial charge in [0.15, 0.2) is 0 Å². The molecule has 0 bridgehead atoms. The van der Waals surface area contributed by atoms with Gasteiger partial charge in [-0.1, -0.05) is 81.6 Å². The van der Waals surface area contributed by atoms with Crippen molar-refractivity contribution in [3.63, 3.8) is 0 Å². The molecule has 30 heavy (non-hydrogen) atoms. The molecule has 2 aromatic carbocycles. The third-order valence-corrected chi connectivity index (χ3v) is 6.54. The molecule has 164 valence electrons. The second kappa shape index (κ2) is 12.9. The molecule has 0 heterocycles. The van der Waals surface area contributed by atoms with Gasteiger partial charge in [0.2, 0.25) is 0 Å². The Labute approximate surface area is 184 Å². The first-order valence-corrected chi connectivity index (χ1v) is 12.3. The van der Waals surface area contributed by atoms with Gasteiger partial charge in [0.05, 0.1) is 0 Å². The number of hydrogen-bond acceptors (Lipinski definition) is 2. The molecule has 1 saturated carbocycles. The van der Waals surface area contributed by atoms with Crippen molar-refractivity contribution in [2.75, 3.05) is 13.1 Å². The van der Waals surface area contributed by atoms with Gasteiger partial charge in [-0.2, -0.15) is 0 Å². The van der Waals surface area contributed by atoms with Crippen LogP contribution in [0.2, 0.25) is 0 Å². The standard InChI is InChI=1S/C28H42N2/c1-3-6-23-10-14-25(15-11-23)19-29-21-27-8-5-9-28(18-27)22-30-20-26-16-12-24(7-4-2)13-17-26/h10-17,27-30H,3-9,18-22H2,1-2H3. The predicted octanol–water partition coefficient (Wildman–Crippen LogP) is 6.28. The molecule has 2 atom stereocenters. The fourth-order valence-electron chi connectivity index (χ4n) is 4.84. The van der Waals surface area contributed by atoms with E-state index in [4.69, 9.17) is 0 Å². The lowest BCUT2D eigenvalue weighted by atomic mass is 9.81. The summed E-state index contributed by atoms with van der Waals surface area (Å²) in [7, 11) is 0. The van der Waals surface area contributed by atoms with Gasteiger partial charge in [0, 0.05) is 13.1 Å². The molecule has 0 aliphatic heterocycles. The largest absolute Gasteiger partial charge is 0.312 e. The minimum Gasteiger partial charge on any atom is -0.312 e. The van der Waals surface area contributed by atoms with Crippen molar-refractivity contribution in [2.45, 2.75) is 78.3 Å². The van der Waals surface area contributed by atoms with E-state index < -0.39 is 0 Å². The molecule has 1 aliphatic carbocycles. The summed E-state index contributed by atoms with van der Waals surface area (Å²) >= 11 is 0. The first-order valence-electron chi connectivity index (χ1n) is 12.3. The molecule has 1 aliphatic rings. The lowest BCUT2D eigenvalue weighted by molar-refractivity contribution is 0.252. The maximum Gasteiger partial charge on any atom is 0.0205 e. The highest BCUT2D eigenvalue weighted by molar-refractivity contribution is 5.23. The quantitative estimate of drug-likeness (QED) is 0.433. The highest BCUT2D eigenvalue weighted by atomic mass is 14.9. The van der Waals surface area contributed by atoms with Crippen LogP contribution in [0, 0.1) is 11.8 Å². The van der Waals surface area contributed by atoms with Gasteiger partial charge in [0.25, 0.3) is 0 Å². The van der Waals surface area contributed by atoms with E-state index in [0.29, 0.717) is 0 Å². The van der Waals surface area contributed by atoms with Gasteiger partial charge in [-0.05, 0) is 79.3 Å². The summed E-state index contributed by atoms with van der Waals surface area (Å²) in [6, 6.07) is 18.3. The number of nitrogens with one attached hydrogen (secondary N) is 2. The Bertz CT molecular complexity index is 643. The Morgan fingerprint density at radius 3 is 1.43 bits per heavy atom. The van der Waals surface area contributed by atoms with Crippen LogP contribution in [-0.2, 0) is 25.9 Å². The topological polar surface area (TPSA) is 24.1 Å². The Balaban J connectivity index is 1.32. The lowest BCUT2D eigenvalue weighted by Gasteiger charge is -2.29. The first kappa shape index (κ1) is 23.0. The minimum atomic E-state index is 0.832. The molecule has 0 spiro atoms. The van der Waals surface area contributed by atoms with Gasteiger partial charge < -0.3 is 10.6 Å². The molecule has 3 rings (SSSR count). The highest BCUT2D eigenvalue weighted by Gasteiger charge is 2.21. The van der Waals surface area contributed by atoms with Crippen molar-refractivity contribution in [1.82, 2.24) is 10.6 Å². The summed E-state index contributed by atoms with van der Waals surface area (Å²) < 4.78 is 0. The van der Waals surface area contributed by atoms with Crippen LogP contribution >= 0.6 is 0 Å². The molecule has 2 N–H and O–H groups in total. The maximum atomic E-state index is 3.72. The summed E-state index contributed by atoms with van der Waals surface area (Å²) in [4.78, 5) is 0. The van der Waals surface area contributed by atoms with Crippen molar-refractivity contribution in [3.8, 4) is 0 Å². The van der Waals surface area contributed by atoms with Gasteiger partial charge in [-0.3, -0.25) is 0 Å². The van der Waals surface area contributed by atoms with Crippen LogP contribution in [0.4, 0.5) is 0 Å². The van der Waals surface area contributed by atoms with E-state index in [2.05, 4.69) is 73.0 Å². The first-order chi connectivity index (χ1) is 14.8. The summed E-state index contributed by atoms with van der Waals surface area (Å²) in [5.41, 5.74) is 5.74. The Morgan fingerprint density at radius 1 is 0.633 bits per heavy atom. The molecular formula is C28H42N2. The second-order valence-corrected chi connectivity index (χ2v) is 9.29. The molecule has 2 nitrogen and oxygen atoms in total. The van der Waals surface area contributed by atoms with Crippen LogP contribution in [0.25, 0.3) is 0 Å². The van der Waals surface area contributed by atoms with Gasteiger partial charge in [-0.25, -0.2) is 0 Å².